The number of hydrogen-bond donors (Lipinski definition) is 0. The third-order valence-corrected chi connectivity index (χ3v) is 4.41. The van der Waals surface area contributed by atoms with Gasteiger partial charge in [-0.1, -0.05) is 72.8 Å². The first-order valence-electron chi connectivity index (χ1n) is 9.28. The lowest BCUT2D eigenvalue weighted by Gasteiger charge is -2.07. The molecule has 0 atom stereocenters. The van der Waals surface area contributed by atoms with E-state index < -0.39 is 0 Å². The lowest BCUT2D eigenvalue weighted by Crippen LogP contribution is -1.98. The number of fused-ring (bicyclic) bond motifs is 1. The molecule has 0 amide bonds. The van der Waals surface area contributed by atoms with Gasteiger partial charge in [-0.25, -0.2) is 4.68 Å². The van der Waals surface area contributed by atoms with Gasteiger partial charge in [0.05, 0.1) is 22.6 Å². The van der Waals surface area contributed by atoms with Gasteiger partial charge in [0.25, 0.3) is 0 Å². The van der Waals surface area contributed by atoms with Gasteiger partial charge in [0.15, 0.2) is 0 Å². The second-order valence-electron chi connectivity index (χ2n) is 6.48. The van der Waals surface area contributed by atoms with Gasteiger partial charge >= 0.3 is 0 Å². The summed E-state index contributed by atoms with van der Waals surface area (Å²) >= 11 is 0. The summed E-state index contributed by atoms with van der Waals surface area (Å²) in [5, 5.41) is 5.77. The number of nitrogens with zero attached hydrogens (tertiary/aromatic N) is 3. The molecule has 2 aromatic heterocycles. The predicted octanol–water partition coefficient (Wildman–Crippen LogP) is 6.08. The average Bonchev–Trinajstić information content (AvgIpc) is 3.17. The third kappa shape index (κ3) is 3.99. The van der Waals surface area contributed by atoms with E-state index >= 15 is 0 Å². The Labute approximate surface area is 164 Å². The topological polar surface area (TPSA) is 30.7 Å². The molecule has 0 N–H and O–H groups in total. The Kier molecular flexibility index (Phi) is 5.25. The maximum absolute atomic E-state index is 4.57. The second-order valence-corrected chi connectivity index (χ2v) is 6.48. The number of para-hydroxylation sites is 2. The fourth-order valence-electron chi connectivity index (χ4n) is 3.10. The zero-order valence-electron chi connectivity index (χ0n) is 15.7. The van der Waals surface area contributed by atoms with Crippen LogP contribution in [0.3, 0.4) is 0 Å². The van der Waals surface area contributed by atoms with Crippen LogP contribution in [-0.4, -0.2) is 14.8 Å². The molecule has 3 heteroatoms. The lowest BCUT2D eigenvalue weighted by atomic mass is 10.1. The molecule has 28 heavy (non-hydrogen) atoms. The number of hydrogen-bond acceptors (Lipinski definition) is 2. The van der Waals surface area contributed by atoms with Crippen LogP contribution in [0, 0.1) is 6.92 Å². The fourth-order valence-corrected chi connectivity index (χ4v) is 3.10. The van der Waals surface area contributed by atoms with Gasteiger partial charge in [-0.3, -0.25) is 4.98 Å². The van der Waals surface area contributed by atoms with Crippen LogP contribution in [0.25, 0.3) is 27.8 Å². The van der Waals surface area contributed by atoms with E-state index in [-0.39, 0.29) is 0 Å². The smallest absolute Gasteiger partial charge is 0.0743 e. The highest BCUT2D eigenvalue weighted by Crippen LogP contribution is 2.23. The lowest BCUT2D eigenvalue weighted by molar-refractivity contribution is 0.869. The van der Waals surface area contributed by atoms with Crippen LogP contribution in [0.5, 0.6) is 0 Å². The third-order valence-electron chi connectivity index (χ3n) is 4.41. The van der Waals surface area contributed by atoms with Crippen molar-refractivity contribution in [2.75, 3.05) is 0 Å². The number of rotatable bonds is 2. The molecule has 0 radical (unpaired) electrons. The summed E-state index contributed by atoms with van der Waals surface area (Å²) in [4.78, 5) is 4.18. The summed E-state index contributed by atoms with van der Waals surface area (Å²) in [5.74, 6) is 0. The Morgan fingerprint density at radius 3 is 2.07 bits per heavy atom. The number of aryl methyl sites for hydroxylation is 1. The summed E-state index contributed by atoms with van der Waals surface area (Å²) in [6, 6.07) is 34.7. The first-order chi connectivity index (χ1) is 13.8. The number of pyridine rings is 1. The second kappa shape index (κ2) is 8.31. The quantitative estimate of drug-likeness (QED) is 0.380. The predicted molar refractivity (Wildman–Crippen MR) is 115 cm³/mol. The molecule has 0 aliphatic carbocycles. The van der Waals surface area contributed by atoms with Crippen molar-refractivity contribution in [3.05, 3.63) is 115 Å². The number of aromatic nitrogens is 3. The molecule has 2 heterocycles. The monoisotopic (exact) mass is 363 g/mol. The highest BCUT2D eigenvalue weighted by molar-refractivity contribution is 5.77. The SMILES string of the molecule is Cc1cc(-c2ccccc2)n(-c2ccccc2)n1.c1ccc2ncccc2c1. The first-order valence-corrected chi connectivity index (χ1v) is 9.28. The molecular formula is C25H21N3. The zero-order chi connectivity index (χ0) is 19.2. The highest BCUT2D eigenvalue weighted by atomic mass is 15.3. The summed E-state index contributed by atoms with van der Waals surface area (Å²) in [7, 11) is 0. The molecule has 0 saturated carbocycles. The Morgan fingerprint density at radius 1 is 0.679 bits per heavy atom. The summed E-state index contributed by atoms with van der Waals surface area (Å²) < 4.78 is 1.99. The van der Waals surface area contributed by atoms with E-state index in [9.17, 15) is 0 Å². The van der Waals surface area contributed by atoms with Crippen molar-refractivity contribution in [3.63, 3.8) is 0 Å². The Morgan fingerprint density at radius 2 is 1.32 bits per heavy atom. The minimum absolute atomic E-state index is 1.03. The Hall–Kier alpha value is -3.72. The fraction of sp³-hybridized carbons (Fsp3) is 0.0400. The van der Waals surface area contributed by atoms with Crippen molar-refractivity contribution in [3.8, 4) is 16.9 Å². The van der Waals surface area contributed by atoms with Crippen molar-refractivity contribution in [2.24, 2.45) is 0 Å². The van der Waals surface area contributed by atoms with Gasteiger partial charge in [0, 0.05) is 17.1 Å². The van der Waals surface area contributed by atoms with E-state index in [4.69, 9.17) is 0 Å². The summed E-state index contributed by atoms with van der Waals surface area (Å²) in [5.41, 5.74) is 5.48. The van der Waals surface area contributed by atoms with Crippen molar-refractivity contribution < 1.29 is 0 Å². The van der Waals surface area contributed by atoms with Gasteiger partial charge in [0.2, 0.25) is 0 Å². The molecule has 3 aromatic carbocycles. The molecule has 0 aliphatic rings. The normalized spacial score (nSPS) is 10.3. The Bertz CT molecular complexity index is 1040. The average molecular weight is 363 g/mol. The summed E-state index contributed by atoms with van der Waals surface area (Å²) in [6.45, 7) is 2.02. The maximum atomic E-state index is 4.57. The van der Waals surface area contributed by atoms with E-state index in [2.05, 4.69) is 52.5 Å². The molecule has 136 valence electrons. The van der Waals surface area contributed by atoms with Crippen LogP contribution in [0.15, 0.2) is 109 Å². The van der Waals surface area contributed by atoms with E-state index in [1.807, 2.05) is 78.5 Å². The van der Waals surface area contributed by atoms with Crippen LogP contribution in [-0.2, 0) is 0 Å². The van der Waals surface area contributed by atoms with Crippen LogP contribution in [0.2, 0.25) is 0 Å². The molecule has 0 fully saturated rings. The van der Waals surface area contributed by atoms with Gasteiger partial charge < -0.3 is 0 Å². The zero-order valence-corrected chi connectivity index (χ0v) is 15.7. The van der Waals surface area contributed by atoms with Crippen LogP contribution in [0.1, 0.15) is 5.69 Å². The molecule has 5 rings (SSSR count). The molecule has 0 aliphatic heterocycles. The summed E-state index contributed by atoms with van der Waals surface area (Å²) in [6.07, 6.45) is 1.81. The van der Waals surface area contributed by atoms with Crippen molar-refractivity contribution in [1.29, 1.82) is 0 Å². The van der Waals surface area contributed by atoms with Crippen LogP contribution >= 0.6 is 0 Å². The molecular weight excluding hydrogens is 342 g/mol. The van der Waals surface area contributed by atoms with Crippen molar-refractivity contribution in [2.45, 2.75) is 6.92 Å². The van der Waals surface area contributed by atoms with Crippen molar-refractivity contribution >= 4 is 10.9 Å². The van der Waals surface area contributed by atoms with Crippen molar-refractivity contribution in [1.82, 2.24) is 14.8 Å². The van der Waals surface area contributed by atoms with E-state index in [1.54, 1.807) is 0 Å². The molecule has 0 saturated heterocycles. The standard InChI is InChI=1S/C16H14N2.C9H7N/c1-13-12-16(14-8-4-2-5-9-14)18(17-13)15-10-6-3-7-11-15;1-2-6-9-8(4-1)5-3-7-10-9/h2-12H,1H3;1-7H. The molecule has 0 bridgehead atoms. The van der Waals surface area contributed by atoms with E-state index in [0.717, 1.165) is 22.6 Å². The van der Waals surface area contributed by atoms with Gasteiger partial charge in [-0.05, 0) is 37.3 Å². The van der Waals surface area contributed by atoms with Gasteiger partial charge in [-0.2, -0.15) is 5.10 Å². The molecule has 5 aromatic rings. The molecule has 0 spiro atoms. The van der Waals surface area contributed by atoms with E-state index in [0.29, 0.717) is 0 Å². The molecule has 3 nitrogen and oxygen atoms in total. The van der Waals surface area contributed by atoms with Gasteiger partial charge in [0.1, 0.15) is 0 Å². The first kappa shape index (κ1) is 17.7. The van der Waals surface area contributed by atoms with E-state index in [1.165, 1.54) is 10.9 Å². The van der Waals surface area contributed by atoms with Crippen LogP contribution in [0.4, 0.5) is 0 Å². The van der Waals surface area contributed by atoms with Crippen LogP contribution < -0.4 is 0 Å². The molecule has 0 unspecified atom stereocenters. The minimum Gasteiger partial charge on any atom is -0.256 e. The maximum Gasteiger partial charge on any atom is 0.0743 e. The highest BCUT2D eigenvalue weighted by Gasteiger charge is 2.08. The van der Waals surface area contributed by atoms with Gasteiger partial charge in [-0.15, -0.1) is 0 Å². The Balaban J connectivity index is 0.000000162. The number of benzene rings is 3. The largest absolute Gasteiger partial charge is 0.256 e. The minimum atomic E-state index is 1.03.